The standard InChI is InChI=1S/C20H17ClFN7O2/c1-27-8-23-19-17(27)20(30)29(9-24-19)7-15-25-18(26-31-15)16-13-5-28(6-14(13)16)12-3-10(21)2-11(22)4-12/h2-4,8-9,13-14,16H,5-7H2,1H3/t13-,14+,16-. The van der Waals surface area contributed by atoms with Crippen LogP contribution >= 0.6 is 11.6 Å². The number of hydrogen-bond donors (Lipinski definition) is 0. The van der Waals surface area contributed by atoms with Crippen molar-refractivity contribution in [3.8, 4) is 0 Å². The summed E-state index contributed by atoms with van der Waals surface area (Å²) in [6.45, 7) is 1.73. The molecule has 4 heterocycles. The van der Waals surface area contributed by atoms with Crippen LogP contribution in [0.25, 0.3) is 11.2 Å². The molecule has 158 valence electrons. The fourth-order valence-electron chi connectivity index (χ4n) is 4.64. The van der Waals surface area contributed by atoms with E-state index in [0.29, 0.717) is 39.7 Å². The van der Waals surface area contributed by atoms with Gasteiger partial charge in [0.05, 0.1) is 6.33 Å². The zero-order valence-electron chi connectivity index (χ0n) is 16.4. The van der Waals surface area contributed by atoms with E-state index in [9.17, 15) is 9.18 Å². The van der Waals surface area contributed by atoms with Crippen LogP contribution in [0, 0.1) is 17.7 Å². The molecule has 1 aliphatic heterocycles. The van der Waals surface area contributed by atoms with Crippen molar-refractivity contribution in [2.45, 2.75) is 12.5 Å². The van der Waals surface area contributed by atoms with Gasteiger partial charge in [0.1, 0.15) is 18.7 Å². The molecule has 1 aliphatic carbocycles. The molecule has 0 amide bonds. The first-order chi connectivity index (χ1) is 15.0. The molecule has 9 nitrogen and oxygen atoms in total. The Labute approximate surface area is 180 Å². The predicted octanol–water partition coefficient (Wildman–Crippen LogP) is 2.20. The molecule has 0 bridgehead atoms. The fourth-order valence-corrected chi connectivity index (χ4v) is 4.86. The monoisotopic (exact) mass is 441 g/mol. The average molecular weight is 442 g/mol. The molecule has 31 heavy (non-hydrogen) atoms. The maximum Gasteiger partial charge on any atom is 0.280 e. The lowest BCUT2D eigenvalue weighted by Gasteiger charge is -2.21. The number of anilines is 1. The second kappa shape index (κ2) is 6.61. The van der Waals surface area contributed by atoms with Crippen LogP contribution in [-0.4, -0.2) is 42.3 Å². The fraction of sp³-hybridized carbons (Fsp3) is 0.350. The van der Waals surface area contributed by atoms with E-state index in [4.69, 9.17) is 16.1 Å². The van der Waals surface area contributed by atoms with Crippen LogP contribution < -0.4 is 10.5 Å². The normalized spacial score (nSPS) is 22.3. The first-order valence-electron chi connectivity index (χ1n) is 9.88. The van der Waals surface area contributed by atoms with Gasteiger partial charge in [0.25, 0.3) is 5.56 Å². The molecule has 1 aromatic carbocycles. The van der Waals surface area contributed by atoms with Gasteiger partial charge >= 0.3 is 0 Å². The summed E-state index contributed by atoms with van der Waals surface area (Å²) in [6, 6.07) is 4.59. The van der Waals surface area contributed by atoms with E-state index in [-0.39, 0.29) is 23.8 Å². The molecule has 1 saturated heterocycles. The molecule has 11 heteroatoms. The maximum absolute atomic E-state index is 13.7. The summed E-state index contributed by atoms with van der Waals surface area (Å²) in [5.41, 5.74) is 1.42. The lowest BCUT2D eigenvalue weighted by molar-refractivity contribution is 0.363. The van der Waals surface area contributed by atoms with Crippen LogP contribution in [-0.2, 0) is 13.6 Å². The Bertz CT molecular complexity index is 1350. The molecule has 2 fully saturated rings. The van der Waals surface area contributed by atoms with Crippen molar-refractivity contribution in [1.29, 1.82) is 0 Å². The number of hydrogen-bond acceptors (Lipinski definition) is 7. The summed E-state index contributed by atoms with van der Waals surface area (Å²) in [4.78, 5) is 27.6. The lowest BCUT2D eigenvalue weighted by Crippen LogP contribution is -2.24. The van der Waals surface area contributed by atoms with E-state index in [1.54, 1.807) is 24.0 Å². The minimum absolute atomic E-state index is 0.149. The van der Waals surface area contributed by atoms with E-state index < -0.39 is 0 Å². The summed E-state index contributed by atoms with van der Waals surface area (Å²) in [6.07, 6.45) is 3.00. The van der Waals surface area contributed by atoms with Crippen LogP contribution in [0.3, 0.4) is 0 Å². The van der Waals surface area contributed by atoms with E-state index in [1.165, 1.54) is 23.0 Å². The minimum Gasteiger partial charge on any atom is -0.371 e. The SMILES string of the molecule is Cn1cnc2ncn(Cc3nc([C@@H]4[C@@H]5CN(c6cc(F)cc(Cl)c6)C[C@@H]54)no3)c(=O)c21. The molecule has 0 radical (unpaired) electrons. The predicted molar refractivity (Wildman–Crippen MR) is 110 cm³/mol. The molecule has 2 aliphatic rings. The maximum atomic E-state index is 13.7. The number of benzene rings is 1. The number of nitrogens with zero attached hydrogens (tertiary/aromatic N) is 7. The Morgan fingerprint density at radius 1 is 1.19 bits per heavy atom. The van der Waals surface area contributed by atoms with Crippen molar-refractivity contribution >= 4 is 28.5 Å². The number of piperidine rings is 1. The lowest BCUT2D eigenvalue weighted by atomic mass is 10.2. The van der Waals surface area contributed by atoms with Crippen molar-refractivity contribution in [1.82, 2.24) is 29.2 Å². The summed E-state index contributed by atoms with van der Waals surface area (Å²) < 4.78 is 22.1. The zero-order chi connectivity index (χ0) is 21.3. The van der Waals surface area contributed by atoms with E-state index in [1.807, 2.05) is 0 Å². The first kappa shape index (κ1) is 18.5. The van der Waals surface area contributed by atoms with Crippen LogP contribution in [0.5, 0.6) is 0 Å². The first-order valence-corrected chi connectivity index (χ1v) is 10.3. The van der Waals surface area contributed by atoms with Crippen molar-refractivity contribution in [2.75, 3.05) is 18.0 Å². The van der Waals surface area contributed by atoms with Crippen molar-refractivity contribution < 1.29 is 8.91 Å². The Morgan fingerprint density at radius 3 is 2.74 bits per heavy atom. The molecule has 1 saturated carbocycles. The zero-order valence-corrected chi connectivity index (χ0v) is 17.2. The Kier molecular flexibility index (Phi) is 3.95. The largest absolute Gasteiger partial charge is 0.371 e. The molecule has 0 unspecified atom stereocenters. The van der Waals surface area contributed by atoms with Gasteiger partial charge in [0, 0.05) is 36.8 Å². The van der Waals surface area contributed by atoms with Crippen LogP contribution in [0.4, 0.5) is 10.1 Å². The summed E-state index contributed by atoms with van der Waals surface area (Å²) in [5, 5.41) is 4.54. The highest BCUT2D eigenvalue weighted by Gasteiger charge is 2.58. The van der Waals surface area contributed by atoms with E-state index in [0.717, 1.165) is 18.8 Å². The molecule has 6 rings (SSSR count). The smallest absolute Gasteiger partial charge is 0.280 e. The number of halogens is 2. The van der Waals surface area contributed by atoms with E-state index in [2.05, 4.69) is 25.0 Å². The summed E-state index contributed by atoms with van der Waals surface area (Å²) >= 11 is 5.98. The van der Waals surface area contributed by atoms with Gasteiger partial charge in [-0.25, -0.2) is 14.4 Å². The molecule has 4 aromatic rings. The molecule has 0 spiro atoms. The van der Waals surface area contributed by atoms with E-state index >= 15 is 0 Å². The average Bonchev–Trinajstić information content (AvgIpc) is 3.15. The number of aromatic nitrogens is 6. The number of fused-ring (bicyclic) bond motifs is 2. The van der Waals surface area contributed by atoms with Gasteiger partial charge in [-0.2, -0.15) is 4.98 Å². The summed E-state index contributed by atoms with van der Waals surface area (Å²) in [7, 11) is 1.75. The Morgan fingerprint density at radius 2 is 1.97 bits per heavy atom. The highest BCUT2D eigenvalue weighted by Crippen LogP contribution is 2.58. The highest BCUT2D eigenvalue weighted by atomic mass is 35.5. The van der Waals surface area contributed by atoms with Crippen LogP contribution in [0.15, 0.2) is 40.2 Å². The minimum atomic E-state index is -0.337. The highest BCUT2D eigenvalue weighted by molar-refractivity contribution is 6.30. The number of aryl methyl sites for hydroxylation is 1. The van der Waals surface area contributed by atoms with Gasteiger partial charge in [-0.1, -0.05) is 16.8 Å². The third kappa shape index (κ3) is 3.01. The topological polar surface area (TPSA) is 94.9 Å². The molecule has 0 N–H and O–H groups in total. The van der Waals surface area contributed by atoms with Gasteiger partial charge in [0.2, 0.25) is 5.89 Å². The third-order valence-electron chi connectivity index (χ3n) is 6.19. The quantitative estimate of drug-likeness (QED) is 0.479. The molecule has 3 aromatic heterocycles. The number of imidazole rings is 1. The van der Waals surface area contributed by atoms with Gasteiger partial charge < -0.3 is 14.0 Å². The van der Waals surface area contributed by atoms with Gasteiger partial charge in [-0.05, 0) is 30.0 Å². The van der Waals surface area contributed by atoms with Gasteiger partial charge in [-0.15, -0.1) is 0 Å². The van der Waals surface area contributed by atoms with Crippen molar-refractivity contribution in [3.63, 3.8) is 0 Å². The molecule has 3 atom stereocenters. The van der Waals surface area contributed by atoms with Gasteiger partial charge in [0.15, 0.2) is 17.0 Å². The van der Waals surface area contributed by atoms with Crippen LogP contribution in [0.2, 0.25) is 5.02 Å². The number of rotatable bonds is 4. The van der Waals surface area contributed by atoms with Crippen molar-refractivity contribution in [2.24, 2.45) is 18.9 Å². The Balaban J connectivity index is 1.17. The van der Waals surface area contributed by atoms with Gasteiger partial charge in [-0.3, -0.25) is 9.36 Å². The molecular formula is C20H17ClFN7O2. The second-order valence-electron chi connectivity index (χ2n) is 8.14. The third-order valence-corrected chi connectivity index (χ3v) is 6.41. The van der Waals surface area contributed by atoms with Crippen LogP contribution in [0.1, 0.15) is 17.6 Å². The van der Waals surface area contributed by atoms with Crippen molar-refractivity contribution in [3.05, 3.63) is 63.8 Å². The molecular weight excluding hydrogens is 425 g/mol. The Hall–Kier alpha value is -3.27. The second-order valence-corrected chi connectivity index (χ2v) is 8.57. The summed E-state index contributed by atoms with van der Waals surface area (Å²) in [5.74, 6) is 1.68.